The highest BCUT2D eigenvalue weighted by molar-refractivity contribution is 7.41. The number of carbonyl (C=O) groups excluding carboxylic acids is 2. The fourth-order valence-electron chi connectivity index (χ4n) is 6.89. The lowest BCUT2D eigenvalue weighted by atomic mass is 10.2. The van der Waals surface area contributed by atoms with E-state index in [1.54, 1.807) is 45.5 Å². The number of nitriles is 4. The minimum absolute atomic E-state index is 0.0604. The third-order valence-electron chi connectivity index (χ3n) is 9.55. The molecule has 0 atom stereocenters. The number of hydrogen-bond donors (Lipinski definition) is 0. The Morgan fingerprint density at radius 2 is 0.871 bits per heavy atom. The van der Waals surface area contributed by atoms with Crippen molar-refractivity contribution in [2.45, 2.75) is 13.2 Å². The fourth-order valence-corrected chi connectivity index (χ4v) is 14.2. The van der Waals surface area contributed by atoms with Crippen molar-refractivity contribution < 1.29 is 19.1 Å². The van der Waals surface area contributed by atoms with E-state index < -0.39 is 12.2 Å². The van der Waals surface area contributed by atoms with Gasteiger partial charge in [0.25, 0.3) is 0 Å². The van der Waals surface area contributed by atoms with Crippen LogP contribution in [0.2, 0.25) is 0 Å². The van der Waals surface area contributed by atoms with Gasteiger partial charge >= 0.3 is 12.2 Å². The Kier molecular flexibility index (Phi) is 10.0. The molecule has 8 heterocycles. The largest absolute Gasteiger partial charge is 0.444 e. The molecule has 0 N–H and O–H groups in total. The van der Waals surface area contributed by atoms with Crippen LogP contribution in [0.5, 0.6) is 0 Å². The van der Waals surface area contributed by atoms with Crippen molar-refractivity contribution in [1.82, 2.24) is 9.13 Å². The smallest absolute Gasteiger partial charge is 0.419 e. The van der Waals surface area contributed by atoms with Gasteiger partial charge in [-0.15, -0.1) is 68.0 Å². The summed E-state index contributed by atoms with van der Waals surface area (Å²) in [5.74, 6) is 0. The number of hydrogen-bond acceptors (Lipinski definition) is 16. The monoisotopic (exact) mass is 916 g/mol. The molecule has 12 nitrogen and oxygen atoms in total. The zero-order valence-electron chi connectivity index (χ0n) is 31.3. The molecule has 0 saturated carbocycles. The van der Waals surface area contributed by atoms with Gasteiger partial charge in [0.05, 0.1) is 50.3 Å². The molecule has 10 aromatic rings. The molecule has 0 radical (unpaired) electrons. The average molecular weight is 917 g/mol. The first-order valence-electron chi connectivity index (χ1n) is 18.2. The Hall–Kier alpha value is -7.26. The van der Waals surface area contributed by atoms with E-state index in [1.165, 1.54) is 68.0 Å². The first-order valence-corrected chi connectivity index (χ1v) is 23.1. The Morgan fingerprint density at radius 3 is 1.26 bits per heavy atom. The highest BCUT2D eigenvalue weighted by Gasteiger charge is 2.31. The molecule has 0 bridgehead atoms. The molecule has 10 rings (SSSR count). The highest BCUT2D eigenvalue weighted by atomic mass is 32.1. The van der Waals surface area contributed by atoms with Gasteiger partial charge in [-0.3, -0.25) is 0 Å². The summed E-state index contributed by atoms with van der Waals surface area (Å²) in [6.07, 6.45) is -1.11. The maximum absolute atomic E-state index is 14.4. The molecule has 2 aromatic carbocycles. The predicted molar refractivity (Wildman–Crippen MR) is 249 cm³/mol. The molecule has 0 amide bonds. The summed E-state index contributed by atoms with van der Waals surface area (Å²) in [4.78, 5) is 40.5. The van der Waals surface area contributed by atoms with E-state index in [9.17, 15) is 30.6 Å². The minimum atomic E-state index is -0.555. The van der Waals surface area contributed by atoms with Gasteiger partial charge in [-0.25, -0.2) is 28.7 Å². The maximum atomic E-state index is 14.4. The third kappa shape index (κ3) is 6.74. The van der Waals surface area contributed by atoms with Gasteiger partial charge < -0.3 is 9.47 Å². The molecule has 0 spiro atoms. The first-order chi connectivity index (χ1) is 30.3. The number of benzene rings is 2. The summed E-state index contributed by atoms with van der Waals surface area (Å²) >= 11 is 8.68. The number of nitrogens with zero attached hydrogens (tertiary/aromatic N) is 8. The summed E-state index contributed by atoms with van der Waals surface area (Å²) < 4.78 is 20.3. The first kappa shape index (κ1) is 38.9. The topological polar surface area (TPSA) is 182 Å². The van der Waals surface area contributed by atoms with Crippen LogP contribution >= 0.6 is 68.0 Å². The number of aliphatic imine (C=N–C) groups is 2. The van der Waals surface area contributed by atoms with Crippen molar-refractivity contribution in [3.05, 3.63) is 108 Å². The van der Waals surface area contributed by atoms with Gasteiger partial charge in [0.1, 0.15) is 47.5 Å². The quantitative estimate of drug-likeness (QED) is 0.135. The van der Waals surface area contributed by atoms with Crippen LogP contribution in [0.15, 0.2) is 107 Å². The number of fused-ring (bicyclic) bond motifs is 9. The molecular weight excluding hydrogens is 897 g/mol. The van der Waals surface area contributed by atoms with Crippen molar-refractivity contribution in [3.63, 3.8) is 0 Å². The third-order valence-corrected chi connectivity index (χ3v) is 17.0. The normalized spacial score (nSPS) is 11.1. The molecule has 0 fully saturated rings. The van der Waals surface area contributed by atoms with E-state index in [0.29, 0.717) is 32.1 Å². The zero-order chi connectivity index (χ0) is 42.5. The molecule has 18 heteroatoms. The minimum Gasteiger partial charge on any atom is -0.444 e. The van der Waals surface area contributed by atoms with E-state index in [0.717, 1.165) is 58.8 Å². The number of thiophene rings is 6. The van der Waals surface area contributed by atoms with Crippen molar-refractivity contribution >= 4 is 152 Å². The number of aromatic nitrogens is 2. The molecule has 0 aliphatic rings. The summed E-state index contributed by atoms with van der Waals surface area (Å²) in [6, 6.07) is 37.3. The molecule has 8 aromatic heterocycles. The SMILES string of the molecule is N#CC(C#N)=Nc1ccc(-c2cc3c(s2)c2sc4c(sc5c6sc(-c7ccc(N=C(C#N)C#N)s7)cc6n(C(=O)OCc6ccccc6)c54)c2n3C(=O)OCc2ccccc2)s1. The number of ether oxygens (including phenoxy) is 2. The van der Waals surface area contributed by atoms with Gasteiger partial charge in [-0.2, -0.15) is 21.0 Å². The predicted octanol–water partition coefficient (Wildman–Crippen LogP) is 13.4. The van der Waals surface area contributed by atoms with Crippen molar-refractivity contribution in [3.8, 4) is 43.8 Å². The average Bonchev–Trinajstić information content (AvgIpc) is 4.16. The molecule has 0 unspecified atom stereocenters. The van der Waals surface area contributed by atoms with Crippen LogP contribution < -0.4 is 0 Å². The lowest BCUT2D eigenvalue weighted by molar-refractivity contribution is 0.142. The number of rotatable bonds is 8. The van der Waals surface area contributed by atoms with Gasteiger partial charge in [-0.1, -0.05) is 60.7 Å². The van der Waals surface area contributed by atoms with Crippen LogP contribution in [0.1, 0.15) is 11.1 Å². The Labute approximate surface area is 373 Å². The van der Waals surface area contributed by atoms with Gasteiger partial charge in [0.15, 0.2) is 0 Å². The Morgan fingerprint density at radius 1 is 0.484 bits per heavy atom. The standard InChI is InChI=1S/C44H20N8O4S6/c45-17-25(18-46)49-33-13-11-29(57-33)31-15-27-37(59-31)39-35(51(27)43(53)55-21-23-7-3-1-4-8-23)41-42(61-39)36-40(62-41)38-28(52(36)44(54)56-22-24-9-5-2-6-10-24)16-32(60-38)30-12-14-34(58-30)50-26(19-47)20-48/h1-16H,21-22H2. The van der Waals surface area contributed by atoms with Gasteiger partial charge in [-0.05, 0) is 47.5 Å². The lowest BCUT2D eigenvalue weighted by Gasteiger charge is -2.07. The second-order valence-electron chi connectivity index (χ2n) is 13.3. The van der Waals surface area contributed by atoms with Crippen LogP contribution in [-0.2, 0) is 22.7 Å². The van der Waals surface area contributed by atoms with E-state index in [-0.39, 0.29) is 24.6 Å². The maximum Gasteiger partial charge on any atom is 0.419 e. The van der Waals surface area contributed by atoms with Gasteiger partial charge in [0, 0.05) is 19.5 Å². The van der Waals surface area contributed by atoms with E-state index in [1.807, 2.05) is 84.9 Å². The second kappa shape index (κ2) is 16.0. The van der Waals surface area contributed by atoms with Crippen LogP contribution in [0.3, 0.4) is 0 Å². The van der Waals surface area contributed by atoms with Crippen molar-refractivity contribution in [2.24, 2.45) is 9.98 Å². The summed E-state index contributed by atoms with van der Waals surface area (Å²) in [5, 5.41) is 38.0. The second-order valence-corrected chi connectivity index (χ2v) is 19.5. The van der Waals surface area contributed by atoms with E-state index >= 15 is 0 Å². The molecule has 62 heavy (non-hydrogen) atoms. The molecule has 296 valence electrons. The summed E-state index contributed by atoms with van der Waals surface area (Å²) in [5.41, 5.74) is 3.89. The van der Waals surface area contributed by atoms with Crippen LogP contribution in [0, 0.1) is 45.3 Å². The van der Waals surface area contributed by atoms with Crippen molar-refractivity contribution in [2.75, 3.05) is 0 Å². The molecule has 0 saturated heterocycles. The Bertz CT molecular complexity index is 3420. The summed E-state index contributed by atoms with van der Waals surface area (Å²) in [7, 11) is 0. The van der Waals surface area contributed by atoms with E-state index in [2.05, 4.69) is 9.98 Å². The molecule has 0 aliphatic carbocycles. The van der Waals surface area contributed by atoms with Crippen LogP contribution in [-0.4, -0.2) is 32.7 Å². The van der Waals surface area contributed by atoms with Crippen LogP contribution in [0.4, 0.5) is 19.6 Å². The molecular formula is C44H20N8O4S6. The van der Waals surface area contributed by atoms with Crippen LogP contribution in [0.25, 0.3) is 69.8 Å². The van der Waals surface area contributed by atoms with Crippen molar-refractivity contribution in [1.29, 1.82) is 21.0 Å². The zero-order valence-corrected chi connectivity index (χ0v) is 36.2. The summed E-state index contributed by atoms with van der Waals surface area (Å²) in [6.45, 7) is 0.121. The lowest BCUT2D eigenvalue weighted by Crippen LogP contribution is -2.13. The van der Waals surface area contributed by atoms with E-state index in [4.69, 9.17) is 9.47 Å². The fraction of sp³-hybridized carbons (Fsp3) is 0.0455. The molecule has 0 aliphatic heterocycles. The number of carbonyl (C=O) groups is 2. The highest BCUT2D eigenvalue weighted by Crippen LogP contribution is 2.54. The van der Waals surface area contributed by atoms with Gasteiger partial charge in [0.2, 0.25) is 11.4 Å². The Balaban J connectivity index is 1.16.